The van der Waals surface area contributed by atoms with Gasteiger partial charge in [0.1, 0.15) is 0 Å². The van der Waals surface area contributed by atoms with Crippen molar-refractivity contribution in [2.45, 2.75) is 6.54 Å². The molecular formula is C31H39N3O6. The lowest BCUT2D eigenvalue weighted by atomic mass is 10.1. The van der Waals surface area contributed by atoms with Crippen molar-refractivity contribution in [3.63, 3.8) is 0 Å². The minimum Gasteiger partial charge on any atom is -0.493 e. The Morgan fingerprint density at radius 3 is 1.90 bits per heavy atom. The third-order valence-electron chi connectivity index (χ3n) is 7.05. The highest BCUT2D eigenvalue weighted by molar-refractivity contribution is 5.69. The van der Waals surface area contributed by atoms with Crippen molar-refractivity contribution in [1.82, 2.24) is 14.8 Å². The largest absolute Gasteiger partial charge is 0.493 e. The van der Waals surface area contributed by atoms with Gasteiger partial charge in [-0.25, -0.2) is 0 Å². The Morgan fingerprint density at radius 2 is 1.30 bits per heavy atom. The van der Waals surface area contributed by atoms with Gasteiger partial charge in [0.25, 0.3) is 0 Å². The van der Waals surface area contributed by atoms with E-state index in [-0.39, 0.29) is 0 Å². The molecule has 0 spiro atoms. The van der Waals surface area contributed by atoms with Crippen molar-refractivity contribution in [3.8, 4) is 45.8 Å². The lowest BCUT2D eigenvalue weighted by molar-refractivity contribution is 0.137. The van der Waals surface area contributed by atoms with E-state index < -0.39 is 0 Å². The van der Waals surface area contributed by atoms with Crippen molar-refractivity contribution < 1.29 is 28.4 Å². The Hall–Kier alpha value is -3.95. The smallest absolute Gasteiger partial charge is 0.203 e. The molecule has 9 nitrogen and oxygen atoms in total. The topological polar surface area (TPSA) is 74.8 Å². The molecule has 0 atom stereocenters. The molecule has 1 aliphatic rings. The molecule has 214 valence electrons. The van der Waals surface area contributed by atoms with E-state index in [1.807, 2.05) is 30.5 Å². The highest BCUT2D eigenvalue weighted by Gasteiger charge is 2.19. The molecule has 0 N–H and O–H groups in total. The molecule has 2 aromatic carbocycles. The number of rotatable bonds is 12. The molecule has 0 aliphatic carbocycles. The molecule has 0 bridgehead atoms. The quantitative estimate of drug-likeness (QED) is 0.321. The number of hydrogen-bond acceptors (Lipinski definition) is 9. The van der Waals surface area contributed by atoms with Gasteiger partial charge in [0.05, 0.1) is 48.4 Å². The molecule has 0 amide bonds. The number of aromatic nitrogens is 1. The van der Waals surface area contributed by atoms with Gasteiger partial charge in [-0.05, 0) is 42.0 Å². The number of piperazine rings is 1. The number of ether oxygens (including phenoxy) is 6. The molecule has 3 aromatic rings. The van der Waals surface area contributed by atoms with Gasteiger partial charge in [0, 0.05) is 56.6 Å². The summed E-state index contributed by atoms with van der Waals surface area (Å²) in [5.74, 6) is 3.71. The molecule has 9 heteroatoms. The molecule has 0 radical (unpaired) electrons. The first kappa shape index (κ1) is 29.0. The summed E-state index contributed by atoms with van der Waals surface area (Å²) in [6.07, 6.45) is 6.11. The zero-order valence-electron chi connectivity index (χ0n) is 24.2. The summed E-state index contributed by atoms with van der Waals surface area (Å²) in [6, 6.07) is 11.9. The fourth-order valence-corrected chi connectivity index (χ4v) is 4.93. The van der Waals surface area contributed by atoms with Crippen molar-refractivity contribution >= 4 is 6.08 Å². The fraction of sp³-hybridized carbons (Fsp3) is 0.387. The van der Waals surface area contributed by atoms with E-state index in [2.05, 4.69) is 39.1 Å². The third kappa shape index (κ3) is 6.60. The molecule has 1 aliphatic heterocycles. The van der Waals surface area contributed by atoms with Crippen molar-refractivity contribution in [1.29, 1.82) is 0 Å². The van der Waals surface area contributed by atoms with Crippen LogP contribution >= 0.6 is 0 Å². The second-order valence-corrected chi connectivity index (χ2v) is 9.37. The SMILES string of the molecule is COc1cc(-c2cc(CN3CCN(CC=Cc4ccc(OC)c(OC)c4OC)CC3)ccn2)cc(OC)c1OC. The summed E-state index contributed by atoms with van der Waals surface area (Å²) in [7, 11) is 9.72. The number of benzene rings is 2. The van der Waals surface area contributed by atoms with Crippen LogP contribution in [0.25, 0.3) is 17.3 Å². The summed E-state index contributed by atoms with van der Waals surface area (Å²) in [6.45, 7) is 5.72. The first-order chi connectivity index (χ1) is 19.5. The molecule has 40 heavy (non-hydrogen) atoms. The normalized spacial score (nSPS) is 14.2. The van der Waals surface area contributed by atoms with Crippen LogP contribution in [0.4, 0.5) is 0 Å². The average molecular weight is 550 g/mol. The van der Waals surface area contributed by atoms with Crippen LogP contribution in [0.5, 0.6) is 34.5 Å². The van der Waals surface area contributed by atoms with Gasteiger partial charge in [-0.3, -0.25) is 14.8 Å². The summed E-state index contributed by atoms with van der Waals surface area (Å²) < 4.78 is 33.0. The number of nitrogens with zero attached hydrogens (tertiary/aromatic N) is 3. The Morgan fingerprint density at radius 1 is 0.675 bits per heavy atom. The second-order valence-electron chi connectivity index (χ2n) is 9.37. The van der Waals surface area contributed by atoms with Crippen LogP contribution in [-0.2, 0) is 6.54 Å². The van der Waals surface area contributed by atoms with Gasteiger partial charge < -0.3 is 28.4 Å². The maximum Gasteiger partial charge on any atom is 0.203 e. The van der Waals surface area contributed by atoms with Gasteiger partial charge in [-0.15, -0.1) is 0 Å². The zero-order valence-corrected chi connectivity index (χ0v) is 24.2. The molecule has 1 aromatic heterocycles. The van der Waals surface area contributed by atoms with Crippen LogP contribution < -0.4 is 28.4 Å². The minimum absolute atomic E-state index is 0.570. The number of methoxy groups -OCH3 is 6. The van der Waals surface area contributed by atoms with Gasteiger partial charge in [-0.1, -0.05) is 12.2 Å². The first-order valence-electron chi connectivity index (χ1n) is 13.2. The Labute approximate surface area is 236 Å². The van der Waals surface area contributed by atoms with Crippen LogP contribution in [0.3, 0.4) is 0 Å². The van der Waals surface area contributed by atoms with Gasteiger partial charge >= 0.3 is 0 Å². The predicted molar refractivity (Wildman–Crippen MR) is 156 cm³/mol. The zero-order chi connectivity index (χ0) is 28.5. The Bertz CT molecular complexity index is 1280. The summed E-state index contributed by atoms with van der Waals surface area (Å²) in [5.41, 5.74) is 3.96. The molecule has 2 heterocycles. The Kier molecular flexibility index (Phi) is 10.1. The van der Waals surface area contributed by atoms with Crippen LogP contribution in [0.1, 0.15) is 11.1 Å². The van der Waals surface area contributed by atoms with Crippen LogP contribution in [0.15, 0.2) is 48.7 Å². The number of pyridine rings is 1. The minimum atomic E-state index is 0.570. The Balaban J connectivity index is 1.35. The summed E-state index contributed by atoms with van der Waals surface area (Å²) in [4.78, 5) is 9.53. The lowest BCUT2D eigenvalue weighted by Crippen LogP contribution is -2.45. The molecule has 0 saturated carbocycles. The van der Waals surface area contributed by atoms with Crippen molar-refractivity contribution in [2.75, 3.05) is 75.4 Å². The van der Waals surface area contributed by atoms with E-state index in [9.17, 15) is 0 Å². The molecular weight excluding hydrogens is 510 g/mol. The first-order valence-corrected chi connectivity index (χ1v) is 13.2. The van der Waals surface area contributed by atoms with E-state index in [0.29, 0.717) is 34.5 Å². The maximum absolute atomic E-state index is 5.59. The molecule has 1 fully saturated rings. The summed E-state index contributed by atoms with van der Waals surface area (Å²) in [5, 5.41) is 0. The molecule has 4 rings (SSSR count). The van der Waals surface area contributed by atoms with E-state index in [4.69, 9.17) is 28.4 Å². The summed E-state index contributed by atoms with van der Waals surface area (Å²) >= 11 is 0. The van der Waals surface area contributed by atoms with Crippen LogP contribution in [0, 0.1) is 0 Å². The van der Waals surface area contributed by atoms with Crippen molar-refractivity contribution in [2.24, 2.45) is 0 Å². The lowest BCUT2D eigenvalue weighted by Gasteiger charge is -2.34. The predicted octanol–water partition coefficient (Wildman–Crippen LogP) is 4.63. The molecule has 1 saturated heterocycles. The monoisotopic (exact) mass is 549 g/mol. The molecule has 0 unspecified atom stereocenters. The van der Waals surface area contributed by atoms with E-state index in [1.54, 1.807) is 42.7 Å². The van der Waals surface area contributed by atoms with E-state index >= 15 is 0 Å². The number of hydrogen-bond donors (Lipinski definition) is 0. The fourth-order valence-electron chi connectivity index (χ4n) is 4.93. The maximum atomic E-state index is 5.59. The van der Waals surface area contributed by atoms with Gasteiger partial charge in [0.2, 0.25) is 11.5 Å². The van der Waals surface area contributed by atoms with E-state index in [0.717, 1.165) is 56.1 Å². The van der Waals surface area contributed by atoms with Gasteiger partial charge in [0.15, 0.2) is 23.0 Å². The second kappa shape index (κ2) is 13.9. The highest BCUT2D eigenvalue weighted by atomic mass is 16.5. The van der Waals surface area contributed by atoms with Crippen LogP contribution in [0.2, 0.25) is 0 Å². The highest BCUT2D eigenvalue weighted by Crippen LogP contribution is 2.41. The average Bonchev–Trinajstić information content (AvgIpc) is 3.00. The van der Waals surface area contributed by atoms with Gasteiger partial charge in [-0.2, -0.15) is 0 Å². The van der Waals surface area contributed by atoms with Crippen molar-refractivity contribution in [3.05, 3.63) is 59.8 Å². The van der Waals surface area contributed by atoms with E-state index in [1.165, 1.54) is 5.56 Å². The third-order valence-corrected chi connectivity index (χ3v) is 7.05. The van der Waals surface area contributed by atoms with Crippen LogP contribution in [-0.4, -0.2) is 90.2 Å². The standard InChI is InChI=1S/C31H39N3O6/c1-35-26-10-9-23(29(38-4)31(26)40-6)8-7-13-33-14-16-34(17-15-33)21-22-11-12-32-25(18-22)24-19-27(36-2)30(39-5)28(20-24)37-3/h7-12,18-20H,13-17,21H2,1-6H3.